The van der Waals surface area contributed by atoms with Gasteiger partial charge in [0.05, 0.1) is 10.7 Å². The first-order valence-electron chi connectivity index (χ1n) is 6.83. The van der Waals surface area contributed by atoms with Gasteiger partial charge in [-0.15, -0.1) is 0 Å². The number of rotatable bonds is 7. The fraction of sp³-hybridized carbons (Fsp3) is 0.786. The summed E-state index contributed by atoms with van der Waals surface area (Å²) in [6.45, 7) is 10.6. The van der Waals surface area contributed by atoms with E-state index < -0.39 is 0 Å². The molecule has 0 aliphatic rings. The molecule has 0 unspecified atom stereocenters. The standard InChI is InChI=1S/C14H26ClN3/c1-12-13(15)11-18(17-12)10-8-6-5-7-9-16-14(2,3)4/h11,16H,5-10H2,1-4H3. The van der Waals surface area contributed by atoms with Gasteiger partial charge in [-0.1, -0.05) is 24.4 Å². The van der Waals surface area contributed by atoms with E-state index in [2.05, 4.69) is 31.2 Å². The van der Waals surface area contributed by atoms with Gasteiger partial charge in [0.15, 0.2) is 0 Å². The molecule has 0 saturated carbocycles. The third-order valence-electron chi connectivity index (χ3n) is 2.86. The molecule has 0 saturated heterocycles. The van der Waals surface area contributed by atoms with E-state index in [0.717, 1.165) is 23.8 Å². The highest BCUT2D eigenvalue weighted by Gasteiger charge is 2.06. The second-order valence-electron chi connectivity index (χ2n) is 5.92. The van der Waals surface area contributed by atoms with Crippen LogP contribution in [0.3, 0.4) is 0 Å². The Bertz CT molecular complexity index is 333. The fourth-order valence-electron chi connectivity index (χ4n) is 1.82. The maximum absolute atomic E-state index is 5.96. The van der Waals surface area contributed by atoms with E-state index in [1.165, 1.54) is 25.7 Å². The molecule has 0 bridgehead atoms. The van der Waals surface area contributed by atoms with Crippen molar-refractivity contribution in [3.63, 3.8) is 0 Å². The SMILES string of the molecule is Cc1nn(CCCCCCNC(C)(C)C)cc1Cl. The van der Waals surface area contributed by atoms with Crippen molar-refractivity contribution in [2.75, 3.05) is 6.54 Å². The Balaban J connectivity index is 2.02. The van der Waals surface area contributed by atoms with Crippen LogP contribution in [0, 0.1) is 6.92 Å². The van der Waals surface area contributed by atoms with Gasteiger partial charge >= 0.3 is 0 Å². The predicted molar refractivity (Wildman–Crippen MR) is 78.2 cm³/mol. The van der Waals surface area contributed by atoms with Crippen molar-refractivity contribution >= 4 is 11.6 Å². The Morgan fingerprint density at radius 2 is 1.89 bits per heavy atom. The molecule has 104 valence electrons. The quantitative estimate of drug-likeness (QED) is 0.765. The second-order valence-corrected chi connectivity index (χ2v) is 6.32. The molecule has 0 spiro atoms. The zero-order valence-corrected chi connectivity index (χ0v) is 12.8. The molecular weight excluding hydrogens is 246 g/mol. The summed E-state index contributed by atoms with van der Waals surface area (Å²) >= 11 is 5.96. The van der Waals surface area contributed by atoms with Crippen LogP contribution in [-0.4, -0.2) is 21.9 Å². The van der Waals surface area contributed by atoms with Crippen LogP contribution < -0.4 is 5.32 Å². The monoisotopic (exact) mass is 271 g/mol. The first-order chi connectivity index (χ1) is 8.38. The van der Waals surface area contributed by atoms with Crippen LogP contribution in [0.1, 0.15) is 52.1 Å². The van der Waals surface area contributed by atoms with Gasteiger partial charge in [0.25, 0.3) is 0 Å². The minimum absolute atomic E-state index is 0.239. The molecule has 3 nitrogen and oxygen atoms in total. The normalized spacial score (nSPS) is 12.1. The van der Waals surface area contributed by atoms with Crippen LogP contribution in [-0.2, 0) is 6.54 Å². The molecular formula is C14H26ClN3. The van der Waals surface area contributed by atoms with Gasteiger partial charge in [-0.2, -0.15) is 5.10 Å². The summed E-state index contributed by atoms with van der Waals surface area (Å²) in [4.78, 5) is 0. The minimum atomic E-state index is 0.239. The van der Waals surface area contributed by atoms with Gasteiger partial charge in [0.2, 0.25) is 0 Å². The van der Waals surface area contributed by atoms with Crippen LogP contribution in [0.5, 0.6) is 0 Å². The summed E-state index contributed by atoms with van der Waals surface area (Å²) in [5, 5.41) is 8.62. The molecule has 1 aromatic rings. The molecule has 0 aliphatic carbocycles. The van der Waals surface area contributed by atoms with E-state index in [0.29, 0.717) is 0 Å². The Morgan fingerprint density at radius 1 is 1.22 bits per heavy atom. The van der Waals surface area contributed by atoms with E-state index in [-0.39, 0.29) is 5.54 Å². The van der Waals surface area contributed by atoms with Crippen LogP contribution >= 0.6 is 11.6 Å². The van der Waals surface area contributed by atoms with Gasteiger partial charge in [-0.05, 0) is 47.1 Å². The molecule has 0 atom stereocenters. The average Bonchev–Trinajstić information content (AvgIpc) is 2.55. The first kappa shape index (κ1) is 15.5. The van der Waals surface area contributed by atoms with Crippen LogP contribution in [0.2, 0.25) is 5.02 Å². The predicted octanol–water partition coefficient (Wildman–Crippen LogP) is 3.79. The molecule has 1 rings (SSSR count). The maximum atomic E-state index is 5.96. The lowest BCUT2D eigenvalue weighted by Gasteiger charge is -2.20. The van der Waals surface area contributed by atoms with Gasteiger partial charge in [-0.3, -0.25) is 4.68 Å². The molecule has 1 N–H and O–H groups in total. The minimum Gasteiger partial charge on any atom is -0.312 e. The number of unbranched alkanes of at least 4 members (excludes halogenated alkanes) is 3. The number of halogens is 1. The molecule has 0 amide bonds. The number of hydrogen-bond donors (Lipinski definition) is 1. The van der Waals surface area contributed by atoms with Crippen molar-refractivity contribution in [2.24, 2.45) is 0 Å². The van der Waals surface area contributed by atoms with Crippen molar-refractivity contribution in [3.8, 4) is 0 Å². The summed E-state index contributed by atoms with van der Waals surface area (Å²) in [7, 11) is 0. The third-order valence-corrected chi connectivity index (χ3v) is 3.23. The average molecular weight is 272 g/mol. The van der Waals surface area contributed by atoms with E-state index in [1.807, 2.05) is 17.8 Å². The van der Waals surface area contributed by atoms with Crippen LogP contribution in [0.15, 0.2) is 6.20 Å². The number of hydrogen-bond acceptors (Lipinski definition) is 2. The highest BCUT2D eigenvalue weighted by molar-refractivity contribution is 6.31. The highest BCUT2D eigenvalue weighted by Crippen LogP contribution is 2.12. The zero-order chi connectivity index (χ0) is 13.6. The van der Waals surface area contributed by atoms with Crippen molar-refractivity contribution < 1.29 is 0 Å². The Labute approximate surface area is 116 Å². The lowest BCUT2D eigenvalue weighted by atomic mass is 10.1. The van der Waals surface area contributed by atoms with Crippen molar-refractivity contribution in [1.29, 1.82) is 0 Å². The van der Waals surface area contributed by atoms with Crippen LogP contribution in [0.4, 0.5) is 0 Å². The van der Waals surface area contributed by atoms with Crippen molar-refractivity contribution in [2.45, 2.75) is 65.5 Å². The zero-order valence-electron chi connectivity index (χ0n) is 12.1. The molecule has 1 aromatic heterocycles. The lowest BCUT2D eigenvalue weighted by Crippen LogP contribution is -2.36. The van der Waals surface area contributed by atoms with E-state index in [1.54, 1.807) is 0 Å². The Hall–Kier alpha value is -0.540. The lowest BCUT2D eigenvalue weighted by molar-refractivity contribution is 0.414. The van der Waals surface area contributed by atoms with Gasteiger partial charge in [0.1, 0.15) is 0 Å². The number of nitrogens with zero attached hydrogens (tertiary/aromatic N) is 2. The smallest absolute Gasteiger partial charge is 0.0814 e. The molecule has 4 heteroatoms. The summed E-state index contributed by atoms with van der Waals surface area (Å²) in [6, 6.07) is 0. The number of aryl methyl sites for hydroxylation is 2. The number of aromatic nitrogens is 2. The third kappa shape index (κ3) is 6.41. The molecule has 1 heterocycles. The molecule has 0 aromatic carbocycles. The molecule has 0 fully saturated rings. The summed E-state index contributed by atoms with van der Waals surface area (Å²) in [6.07, 6.45) is 6.86. The van der Waals surface area contributed by atoms with Gasteiger partial charge in [0, 0.05) is 18.3 Å². The molecule has 0 aliphatic heterocycles. The molecule has 0 radical (unpaired) electrons. The summed E-state index contributed by atoms with van der Waals surface area (Å²) in [5.74, 6) is 0. The van der Waals surface area contributed by atoms with E-state index in [4.69, 9.17) is 11.6 Å². The summed E-state index contributed by atoms with van der Waals surface area (Å²) in [5.41, 5.74) is 1.16. The van der Waals surface area contributed by atoms with Crippen LogP contribution in [0.25, 0.3) is 0 Å². The summed E-state index contributed by atoms with van der Waals surface area (Å²) < 4.78 is 1.95. The van der Waals surface area contributed by atoms with Crippen molar-refractivity contribution in [3.05, 3.63) is 16.9 Å². The van der Waals surface area contributed by atoms with Crippen molar-refractivity contribution in [1.82, 2.24) is 15.1 Å². The molecule has 18 heavy (non-hydrogen) atoms. The second kappa shape index (κ2) is 7.15. The van der Waals surface area contributed by atoms with Gasteiger partial charge < -0.3 is 5.32 Å². The largest absolute Gasteiger partial charge is 0.312 e. The van der Waals surface area contributed by atoms with E-state index in [9.17, 15) is 0 Å². The Kier molecular flexibility index (Phi) is 6.16. The highest BCUT2D eigenvalue weighted by atomic mass is 35.5. The topological polar surface area (TPSA) is 29.9 Å². The fourth-order valence-corrected chi connectivity index (χ4v) is 1.97. The Morgan fingerprint density at radius 3 is 2.44 bits per heavy atom. The van der Waals surface area contributed by atoms with Gasteiger partial charge in [-0.25, -0.2) is 0 Å². The van der Waals surface area contributed by atoms with E-state index >= 15 is 0 Å². The number of nitrogens with one attached hydrogen (secondary N) is 1. The first-order valence-corrected chi connectivity index (χ1v) is 7.21. The maximum Gasteiger partial charge on any atom is 0.0814 e.